The molecule has 0 aromatic heterocycles. The van der Waals surface area contributed by atoms with Crippen molar-refractivity contribution in [2.24, 2.45) is 5.92 Å². The third-order valence-corrected chi connectivity index (χ3v) is 2.72. The third kappa shape index (κ3) is 3.48. The van der Waals surface area contributed by atoms with Crippen LogP contribution >= 0.6 is 0 Å². The second kappa shape index (κ2) is 6.05. The Labute approximate surface area is 107 Å². The summed E-state index contributed by atoms with van der Waals surface area (Å²) in [5, 5.41) is 2.56. The lowest BCUT2D eigenvalue weighted by molar-refractivity contribution is -0.124. The summed E-state index contributed by atoms with van der Waals surface area (Å²) >= 11 is 0. The summed E-state index contributed by atoms with van der Waals surface area (Å²) in [6.07, 6.45) is 0. The van der Waals surface area contributed by atoms with E-state index in [0.29, 0.717) is 17.8 Å². The van der Waals surface area contributed by atoms with Gasteiger partial charge < -0.3 is 16.0 Å². The third-order valence-electron chi connectivity index (χ3n) is 2.72. The Morgan fingerprint density at radius 3 is 2.67 bits per heavy atom. The molecule has 0 spiro atoms. The number of amides is 2. The zero-order valence-electron chi connectivity index (χ0n) is 10.9. The second-order valence-corrected chi connectivity index (χ2v) is 4.33. The minimum Gasteiger partial charge on any atom is -0.399 e. The van der Waals surface area contributed by atoms with Gasteiger partial charge >= 0.3 is 0 Å². The van der Waals surface area contributed by atoms with Gasteiger partial charge in [-0.05, 0) is 18.2 Å². The first-order valence-corrected chi connectivity index (χ1v) is 5.78. The van der Waals surface area contributed by atoms with Crippen LogP contribution in [-0.2, 0) is 4.79 Å². The maximum atomic E-state index is 12.1. The van der Waals surface area contributed by atoms with Crippen molar-refractivity contribution in [2.45, 2.75) is 6.92 Å². The average molecular weight is 249 g/mol. The number of hydrogen-bond acceptors (Lipinski definition) is 3. The molecule has 0 aliphatic carbocycles. The molecule has 5 nitrogen and oxygen atoms in total. The quantitative estimate of drug-likeness (QED) is 0.772. The Hall–Kier alpha value is -2.04. The van der Waals surface area contributed by atoms with Gasteiger partial charge in [-0.3, -0.25) is 9.59 Å². The van der Waals surface area contributed by atoms with Gasteiger partial charge in [0.15, 0.2) is 0 Å². The van der Waals surface area contributed by atoms with Crippen LogP contribution in [0.1, 0.15) is 17.3 Å². The molecule has 1 unspecified atom stereocenters. The Morgan fingerprint density at radius 1 is 1.44 bits per heavy atom. The normalized spacial score (nSPS) is 11.7. The van der Waals surface area contributed by atoms with Gasteiger partial charge in [0.2, 0.25) is 5.91 Å². The fraction of sp³-hybridized carbons (Fsp3) is 0.385. The van der Waals surface area contributed by atoms with Crippen molar-refractivity contribution in [3.8, 4) is 0 Å². The predicted octanol–water partition coefficient (Wildman–Crippen LogP) is 0.723. The van der Waals surface area contributed by atoms with Gasteiger partial charge in [-0.25, -0.2) is 0 Å². The Bertz CT molecular complexity index is 446. The van der Waals surface area contributed by atoms with Crippen molar-refractivity contribution >= 4 is 17.5 Å². The van der Waals surface area contributed by atoms with Gasteiger partial charge in [-0.2, -0.15) is 0 Å². The first-order chi connectivity index (χ1) is 8.45. The van der Waals surface area contributed by atoms with Crippen molar-refractivity contribution in [1.82, 2.24) is 10.2 Å². The van der Waals surface area contributed by atoms with Crippen molar-refractivity contribution in [2.75, 3.05) is 26.4 Å². The fourth-order valence-electron chi connectivity index (χ4n) is 1.72. The zero-order valence-corrected chi connectivity index (χ0v) is 10.9. The highest BCUT2D eigenvalue weighted by Gasteiger charge is 2.18. The molecular formula is C13H19N3O2. The maximum Gasteiger partial charge on any atom is 0.253 e. The monoisotopic (exact) mass is 249 g/mol. The van der Waals surface area contributed by atoms with Crippen LogP contribution in [0.5, 0.6) is 0 Å². The average Bonchev–Trinajstić information content (AvgIpc) is 2.36. The highest BCUT2D eigenvalue weighted by molar-refractivity contribution is 5.95. The summed E-state index contributed by atoms with van der Waals surface area (Å²) in [5.41, 5.74) is 6.71. The molecule has 1 aromatic carbocycles. The number of nitrogens with one attached hydrogen (secondary N) is 1. The number of carbonyl (C=O) groups is 2. The number of nitrogen functional groups attached to an aromatic ring is 1. The first kappa shape index (κ1) is 14.0. The molecule has 0 aliphatic heterocycles. The smallest absolute Gasteiger partial charge is 0.253 e. The van der Waals surface area contributed by atoms with Crippen molar-refractivity contribution < 1.29 is 9.59 Å². The lowest BCUT2D eigenvalue weighted by Gasteiger charge is -2.20. The van der Waals surface area contributed by atoms with Crippen LogP contribution in [0, 0.1) is 5.92 Å². The minimum absolute atomic E-state index is 0.0813. The van der Waals surface area contributed by atoms with Crippen LogP contribution < -0.4 is 11.1 Å². The minimum atomic E-state index is -0.245. The van der Waals surface area contributed by atoms with Crippen molar-refractivity contribution in [3.63, 3.8) is 0 Å². The fourth-order valence-corrected chi connectivity index (χ4v) is 1.72. The molecule has 3 N–H and O–H groups in total. The molecular weight excluding hydrogens is 230 g/mol. The summed E-state index contributed by atoms with van der Waals surface area (Å²) in [4.78, 5) is 25.0. The molecule has 1 aromatic rings. The van der Waals surface area contributed by atoms with E-state index in [1.807, 2.05) is 0 Å². The molecule has 1 atom stereocenters. The lowest BCUT2D eigenvalue weighted by Crippen LogP contribution is -2.37. The second-order valence-electron chi connectivity index (χ2n) is 4.33. The molecule has 2 amide bonds. The number of anilines is 1. The molecule has 0 heterocycles. The van der Waals surface area contributed by atoms with Crippen LogP contribution in [0.25, 0.3) is 0 Å². The van der Waals surface area contributed by atoms with Gasteiger partial charge in [0.25, 0.3) is 5.91 Å². The van der Waals surface area contributed by atoms with Gasteiger partial charge in [0, 0.05) is 31.9 Å². The van der Waals surface area contributed by atoms with E-state index in [-0.39, 0.29) is 17.7 Å². The van der Waals surface area contributed by atoms with E-state index in [1.165, 1.54) is 4.90 Å². The molecule has 1 rings (SSSR count). The Balaban J connectivity index is 2.70. The Morgan fingerprint density at radius 2 is 2.11 bits per heavy atom. The number of nitrogens with two attached hydrogens (primary N) is 1. The summed E-state index contributed by atoms with van der Waals surface area (Å²) in [5.74, 6) is -0.467. The highest BCUT2D eigenvalue weighted by Crippen LogP contribution is 2.10. The number of benzene rings is 1. The Kier molecular flexibility index (Phi) is 4.71. The number of rotatable bonds is 4. The predicted molar refractivity (Wildman–Crippen MR) is 71.0 cm³/mol. The summed E-state index contributed by atoms with van der Waals surface area (Å²) in [6.45, 7) is 2.15. The molecule has 5 heteroatoms. The van der Waals surface area contributed by atoms with Gasteiger partial charge in [-0.15, -0.1) is 0 Å². The maximum absolute atomic E-state index is 12.1. The topological polar surface area (TPSA) is 75.4 Å². The van der Waals surface area contributed by atoms with Gasteiger partial charge in [0.05, 0.1) is 5.92 Å². The van der Waals surface area contributed by atoms with E-state index in [1.54, 1.807) is 45.3 Å². The van der Waals surface area contributed by atoms with Gasteiger partial charge in [0.1, 0.15) is 0 Å². The molecule has 0 fully saturated rings. The number of nitrogens with zero attached hydrogens (tertiary/aromatic N) is 1. The van der Waals surface area contributed by atoms with E-state index in [0.717, 1.165) is 0 Å². The molecule has 0 aliphatic rings. The van der Waals surface area contributed by atoms with Crippen LogP contribution in [0.2, 0.25) is 0 Å². The van der Waals surface area contributed by atoms with Gasteiger partial charge in [-0.1, -0.05) is 13.0 Å². The van der Waals surface area contributed by atoms with E-state index in [4.69, 9.17) is 5.73 Å². The van der Waals surface area contributed by atoms with E-state index >= 15 is 0 Å². The standard InChI is InChI=1S/C13H19N3O2/c1-9(12(17)15-2)8-16(3)13(18)10-5-4-6-11(14)7-10/h4-7,9H,8,14H2,1-3H3,(H,15,17). The summed E-state index contributed by atoms with van der Waals surface area (Å²) < 4.78 is 0. The zero-order chi connectivity index (χ0) is 13.7. The molecule has 18 heavy (non-hydrogen) atoms. The lowest BCUT2D eigenvalue weighted by atomic mass is 10.1. The molecule has 0 radical (unpaired) electrons. The number of carbonyl (C=O) groups excluding carboxylic acids is 2. The van der Waals surface area contributed by atoms with Crippen LogP contribution in [0.3, 0.4) is 0 Å². The largest absolute Gasteiger partial charge is 0.399 e. The van der Waals surface area contributed by atoms with Crippen LogP contribution in [-0.4, -0.2) is 37.4 Å². The summed E-state index contributed by atoms with van der Waals surface area (Å²) in [7, 11) is 3.25. The first-order valence-electron chi connectivity index (χ1n) is 5.78. The molecule has 0 bridgehead atoms. The summed E-state index contributed by atoms with van der Waals surface area (Å²) in [6, 6.07) is 6.80. The highest BCUT2D eigenvalue weighted by atomic mass is 16.2. The van der Waals surface area contributed by atoms with Crippen LogP contribution in [0.15, 0.2) is 24.3 Å². The molecule has 98 valence electrons. The van der Waals surface area contributed by atoms with Crippen molar-refractivity contribution in [1.29, 1.82) is 0 Å². The van der Waals surface area contributed by atoms with E-state index in [2.05, 4.69) is 5.32 Å². The van der Waals surface area contributed by atoms with Crippen LogP contribution in [0.4, 0.5) is 5.69 Å². The van der Waals surface area contributed by atoms with E-state index in [9.17, 15) is 9.59 Å². The SMILES string of the molecule is CNC(=O)C(C)CN(C)C(=O)c1cccc(N)c1. The van der Waals surface area contributed by atoms with E-state index < -0.39 is 0 Å². The molecule has 0 saturated heterocycles. The number of hydrogen-bond donors (Lipinski definition) is 2. The molecule has 0 saturated carbocycles. The van der Waals surface area contributed by atoms with Crippen molar-refractivity contribution in [3.05, 3.63) is 29.8 Å².